The van der Waals surface area contributed by atoms with Crippen LogP contribution in [0.5, 0.6) is 0 Å². The van der Waals surface area contributed by atoms with Crippen LogP contribution < -0.4 is 0 Å². The van der Waals surface area contributed by atoms with E-state index in [-0.39, 0.29) is 6.42 Å². The minimum absolute atomic E-state index is 0.143. The van der Waals surface area contributed by atoms with Gasteiger partial charge in [0.25, 0.3) is 0 Å². The molecule has 0 atom stereocenters. The van der Waals surface area contributed by atoms with Gasteiger partial charge in [0, 0.05) is 0 Å². The van der Waals surface area contributed by atoms with Crippen LogP contribution in [0.3, 0.4) is 0 Å². The molecular weight excluding hydrogens is 196 g/mol. The first-order valence-electron chi connectivity index (χ1n) is 4.39. The number of carbonyl (C=O) groups is 1. The second-order valence-corrected chi connectivity index (χ2v) is 3.56. The van der Waals surface area contributed by atoms with Crippen molar-refractivity contribution in [1.82, 2.24) is 15.2 Å². The van der Waals surface area contributed by atoms with E-state index in [1.807, 2.05) is 6.07 Å². The molecule has 0 unspecified atom stereocenters. The molecule has 6 nitrogen and oxygen atoms in total. The molecule has 0 saturated carbocycles. The molecule has 0 aliphatic heterocycles. The number of hydrogen-bond donors (Lipinski definition) is 1. The maximum atomic E-state index is 11.4. The molecule has 1 aromatic heterocycles. The van der Waals surface area contributed by atoms with Crippen molar-refractivity contribution >= 4 is 5.97 Å². The van der Waals surface area contributed by atoms with Crippen molar-refractivity contribution in [3.63, 3.8) is 0 Å². The lowest BCUT2D eigenvalue weighted by Crippen LogP contribution is -2.31. The molecule has 1 rings (SSSR count). The summed E-state index contributed by atoms with van der Waals surface area (Å²) in [4.78, 5) is 15.5. The van der Waals surface area contributed by atoms with Crippen molar-refractivity contribution in [1.29, 1.82) is 5.26 Å². The van der Waals surface area contributed by atoms with Crippen molar-refractivity contribution in [3.8, 4) is 6.07 Å². The average molecular weight is 208 g/mol. The molecule has 1 N–H and O–H groups in total. The van der Waals surface area contributed by atoms with E-state index >= 15 is 0 Å². The van der Waals surface area contributed by atoms with E-state index in [2.05, 4.69) is 19.9 Å². The number of aromatic nitrogens is 3. The summed E-state index contributed by atoms with van der Waals surface area (Å²) in [6.07, 6.45) is 0.143. The monoisotopic (exact) mass is 208 g/mol. The van der Waals surface area contributed by atoms with Gasteiger partial charge >= 0.3 is 5.97 Å². The second-order valence-electron chi connectivity index (χ2n) is 3.56. The van der Waals surface area contributed by atoms with Gasteiger partial charge in [-0.15, -0.1) is 0 Å². The smallest absolute Gasteiger partial charge is 0.319 e. The van der Waals surface area contributed by atoms with E-state index in [4.69, 9.17) is 5.26 Å². The van der Waals surface area contributed by atoms with Gasteiger partial charge in [-0.2, -0.15) is 10.4 Å². The van der Waals surface area contributed by atoms with Gasteiger partial charge in [0.1, 0.15) is 11.2 Å². The highest BCUT2D eigenvalue weighted by atomic mass is 16.5. The molecule has 0 saturated heterocycles. The molecular formula is C9H12N4O2. The summed E-state index contributed by atoms with van der Waals surface area (Å²) >= 11 is 0. The van der Waals surface area contributed by atoms with Gasteiger partial charge in [0.05, 0.1) is 19.6 Å². The molecule has 0 aliphatic rings. The number of hydrogen-bond acceptors (Lipinski definition) is 5. The zero-order chi connectivity index (χ0) is 11.5. The first-order chi connectivity index (χ1) is 7.02. The largest absolute Gasteiger partial charge is 0.468 e. The third-order valence-corrected chi connectivity index (χ3v) is 2.03. The van der Waals surface area contributed by atoms with Crippen molar-refractivity contribution in [2.75, 3.05) is 7.11 Å². The standard InChI is InChI=1S/C9H12N4O2/c1-9(2,8(14)15-3)7-11-6(4-5-10)12-13-7/h4H2,1-3H3,(H,11,12,13). The summed E-state index contributed by atoms with van der Waals surface area (Å²) in [7, 11) is 1.31. The Bertz CT molecular complexity index is 402. The van der Waals surface area contributed by atoms with Gasteiger partial charge in [-0.3, -0.25) is 9.89 Å². The minimum atomic E-state index is -0.904. The van der Waals surface area contributed by atoms with Crippen LogP contribution in [0.2, 0.25) is 0 Å². The zero-order valence-corrected chi connectivity index (χ0v) is 8.87. The molecule has 6 heteroatoms. The van der Waals surface area contributed by atoms with E-state index in [9.17, 15) is 4.79 Å². The lowest BCUT2D eigenvalue weighted by Gasteiger charge is -2.16. The van der Waals surface area contributed by atoms with E-state index in [1.165, 1.54) is 7.11 Å². The number of H-pyrrole nitrogens is 1. The Kier molecular flexibility index (Phi) is 3.04. The van der Waals surface area contributed by atoms with Crippen molar-refractivity contribution in [3.05, 3.63) is 11.6 Å². The molecule has 15 heavy (non-hydrogen) atoms. The summed E-state index contributed by atoms with van der Waals surface area (Å²) in [5, 5.41) is 14.9. The fourth-order valence-corrected chi connectivity index (χ4v) is 1.08. The van der Waals surface area contributed by atoms with Gasteiger partial charge in [-0.25, -0.2) is 4.98 Å². The highest BCUT2D eigenvalue weighted by Crippen LogP contribution is 2.20. The first-order valence-corrected chi connectivity index (χ1v) is 4.39. The van der Waals surface area contributed by atoms with Crippen molar-refractivity contribution in [2.24, 2.45) is 0 Å². The Morgan fingerprint density at radius 1 is 1.67 bits per heavy atom. The fourth-order valence-electron chi connectivity index (χ4n) is 1.08. The summed E-state index contributed by atoms with van der Waals surface area (Å²) in [5.41, 5.74) is -0.904. The maximum absolute atomic E-state index is 11.4. The number of carbonyl (C=O) groups excluding carboxylic acids is 1. The van der Waals surface area contributed by atoms with Crippen molar-refractivity contribution in [2.45, 2.75) is 25.7 Å². The van der Waals surface area contributed by atoms with Crippen LogP contribution in [0.15, 0.2) is 0 Å². The summed E-state index contributed by atoms with van der Waals surface area (Å²) in [5.74, 6) is 0.370. The Labute approximate surface area is 87.3 Å². The van der Waals surface area contributed by atoms with Crippen LogP contribution in [0.25, 0.3) is 0 Å². The number of esters is 1. The molecule has 0 aliphatic carbocycles. The van der Waals surface area contributed by atoms with Gasteiger partial charge < -0.3 is 4.74 Å². The Hall–Kier alpha value is -1.90. The van der Waals surface area contributed by atoms with E-state index in [1.54, 1.807) is 13.8 Å². The van der Waals surface area contributed by atoms with Crippen LogP contribution in [0, 0.1) is 11.3 Å². The second kappa shape index (κ2) is 4.09. The molecule has 1 heterocycles. The number of rotatable bonds is 3. The number of nitrogens with zero attached hydrogens (tertiary/aromatic N) is 3. The quantitative estimate of drug-likeness (QED) is 0.722. The van der Waals surface area contributed by atoms with E-state index in [0.29, 0.717) is 11.6 Å². The summed E-state index contributed by atoms with van der Waals surface area (Å²) in [6, 6.07) is 1.94. The predicted octanol–water partition coefficient (Wildman–Crippen LogP) is 0.321. The SMILES string of the molecule is COC(=O)C(C)(C)c1n[nH]c(CC#N)n1. The normalized spacial score (nSPS) is 10.8. The topological polar surface area (TPSA) is 91.7 Å². The Morgan fingerprint density at radius 2 is 2.33 bits per heavy atom. The van der Waals surface area contributed by atoms with Gasteiger partial charge in [0.2, 0.25) is 0 Å². The number of aromatic amines is 1. The third kappa shape index (κ3) is 2.13. The van der Waals surface area contributed by atoms with Crippen LogP contribution in [0.4, 0.5) is 0 Å². The van der Waals surface area contributed by atoms with Crippen molar-refractivity contribution < 1.29 is 9.53 Å². The Morgan fingerprint density at radius 3 is 2.87 bits per heavy atom. The third-order valence-electron chi connectivity index (χ3n) is 2.03. The molecule has 0 fully saturated rings. The zero-order valence-electron chi connectivity index (χ0n) is 8.87. The van der Waals surface area contributed by atoms with Crippen LogP contribution >= 0.6 is 0 Å². The van der Waals surface area contributed by atoms with Gasteiger partial charge in [-0.05, 0) is 13.8 Å². The fraction of sp³-hybridized carbons (Fsp3) is 0.556. The van der Waals surface area contributed by atoms with Crippen LogP contribution in [0.1, 0.15) is 25.5 Å². The summed E-state index contributed by atoms with van der Waals surface area (Å²) in [6.45, 7) is 3.33. The maximum Gasteiger partial charge on any atom is 0.319 e. The highest BCUT2D eigenvalue weighted by molar-refractivity contribution is 5.80. The van der Waals surface area contributed by atoms with Crippen LogP contribution in [-0.2, 0) is 21.4 Å². The predicted molar refractivity (Wildman–Crippen MR) is 50.7 cm³/mol. The van der Waals surface area contributed by atoms with E-state index in [0.717, 1.165) is 0 Å². The van der Waals surface area contributed by atoms with Crippen LogP contribution in [-0.4, -0.2) is 28.3 Å². The molecule has 0 amide bonds. The average Bonchev–Trinajstić information content (AvgIpc) is 2.66. The highest BCUT2D eigenvalue weighted by Gasteiger charge is 2.35. The first kappa shape index (κ1) is 11.2. The number of ether oxygens (including phenoxy) is 1. The number of methoxy groups -OCH3 is 1. The molecule has 0 aromatic carbocycles. The summed E-state index contributed by atoms with van der Waals surface area (Å²) < 4.78 is 4.64. The molecule has 0 spiro atoms. The molecule has 0 radical (unpaired) electrons. The minimum Gasteiger partial charge on any atom is -0.468 e. The van der Waals surface area contributed by atoms with Gasteiger partial charge in [-0.1, -0.05) is 0 Å². The van der Waals surface area contributed by atoms with Gasteiger partial charge in [0.15, 0.2) is 5.82 Å². The molecule has 0 bridgehead atoms. The van der Waals surface area contributed by atoms with E-state index < -0.39 is 11.4 Å². The lowest BCUT2D eigenvalue weighted by atomic mass is 9.93. The molecule has 80 valence electrons. The number of nitriles is 1. The lowest BCUT2D eigenvalue weighted by molar-refractivity contribution is -0.146. The molecule has 1 aromatic rings. The number of nitrogens with one attached hydrogen (secondary N) is 1. The Balaban J connectivity index is 2.96.